The lowest BCUT2D eigenvalue weighted by molar-refractivity contribution is -0.120. The summed E-state index contributed by atoms with van der Waals surface area (Å²) in [7, 11) is -0.762. The standard InChI is InChI=1S/C5H9NO2S/c7-5-1-3-9(8)4-2-6-5/h1-4H2,(H,6,7)/t9-/m1/s1. The van der Waals surface area contributed by atoms with Crippen LogP contribution in [0.5, 0.6) is 0 Å². The number of hydrogen-bond donors (Lipinski definition) is 1. The van der Waals surface area contributed by atoms with Crippen molar-refractivity contribution in [3.8, 4) is 0 Å². The van der Waals surface area contributed by atoms with Crippen LogP contribution < -0.4 is 5.32 Å². The fourth-order valence-electron chi connectivity index (χ4n) is 0.701. The Hall–Kier alpha value is -0.380. The minimum atomic E-state index is -0.762. The van der Waals surface area contributed by atoms with Gasteiger partial charge < -0.3 is 5.32 Å². The summed E-state index contributed by atoms with van der Waals surface area (Å²) in [6.45, 7) is 0.575. The van der Waals surface area contributed by atoms with Crippen LogP contribution in [0.2, 0.25) is 0 Å². The van der Waals surface area contributed by atoms with Gasteiger partial charge in [-0.3, -0.25) is 9.00 Å². The van der Waals surface area contributed by atoms with Gasteiger partial charge in [-0.05, 0) is 0 Å². The molecule has 4 heteroatoms. The highest BCUT2D eigenvalue weighted by atomic mass is 32.2. The van der Waals surface area contributed by atoms with Crippen LogP contribution in [0.4, 0.5) is 0 Å². The van der Waals surface area contributed by atoms with Gasteiger partial charge in [0.2, 0.25) is 5.91 Å². The van der Waals surface area contributed by atoms with E-state index in [1.54, 1.807) is 0 Å². The summed E-state index contributed by atoms with van der Waals surface area (Å²) in [5.41, 5.74) is 0. The average Bonchev–Trinajstić information content (AvgIpc) is 1.97. The van der Waals surface area contributed by atoms with Crippen molar-refractivity contribution in [3.63, 3.8) is 0 Å². The molecule has 1 N–H and O–H groups in total. The number of carbonyl (C=O) groups excluding carboxylic acids is 1. The number of rotatable bonds is 0. The van der Waals surface area contributed by atoms with Gasteiger partial charge in [-0.2, -0.15) is 0 Å². The molecule has 1 aliphatic heterocycles. The van der Waals surface area contributed by atoms with E-state index >= 15 is 0 Å². The average molecular weight is 147 g/mol. The van der Waals surface area contributed by atoms with E-state index in [9.17, 15) is 9.00 Å². The van der Waals surface area contributed by atoms with Crippen LogP contribution in [0.3, 0.4) is 0 Å². The third-order valence-electron chi connectivity index (χ3n) is 1.21. The SMILES string of the molecule is O=C1CC[S@@](=O)CCN1. The Balaban J connectivity index is 2.43. The first-order chi connectivity index (χ1) is 4.29. The summed E-state index contributed by atoms with van der Waals surface area (Å²) in [4.78, 5) is 10.6. The summed E-state index contributed by atoms with van der Waals surface area (Å²) in [5, 5.41) is 2.64. The molecule has 9 heavy (non-hydrogen) atoms. The van der Waals surface area contributed by atoms with Gasteiger partial charge in [0.15, 0.2) is 0 Å². The van der Waals surface area contributed by atoms with Crippen LogP contribution in [-0.2, 0) is 15.6 Å². The van der Waals surface area contributed by atoms with E-state index in [0.717, 1.165) is 0 Å². The lowest BCUT2D eigenvalue weighted by atomic mass is 10.4. The first-order valence-corrected chi connectivity index (χ1v) is 4.39. The molecule has 1 atom stereocenters. The molecule has 0 saturated carbocycles. The van der Waals surface area contributed by atoms with Crippen LogP contribution in [0.15, 0.2) is 0 Å². The highest BCUT2D eigenvalue weighted by Crippen LogP contribution is 1.91. The Kier molecular flexibility index (Phi) is 2.22. The fraction of sp³-hybridized carbons (Fsp3) is 0.800. The molecule has 0 aromatic carbocycles. The molecule has 1 rings (SSSR count). The van der Waals surface area contributed by atoms with E-state index in [0.29, 0.717) is 24.5 Å². The second-order valence-electron chi connectivity index (χ2n) is 1.95. The number of nitrogens with one attached hydrogen (secondary N) is 1. The summed E-state index contributed by atoms with van der Waals surface area (Å²) >= 11 is 0. The molecule has 0 unspecified atom stereocenters. The molecule has 1 heterocycles. The highest BCUT2D eigenvalue weighted by Gasteiger charge is 2.09. The van der Waals surface area contributed by atoms with Crippen LogP contribution in [0, 0.1) is 0 Å². The van der Waals surface area contributed by atoms with Gasteiger partial charge in [-0.15, -0.1) is 0 Å². The van der Waals surface area contributed by atoms with Crippen molar-refractivity contribution in [2.45, 2.75) is 6.42 Å². The normalized spacial score (nSPS) is 28.9. The van der Waals surface area contributed by atoms with E-state index in [4.69, 9.17) is 0 Å². The zero-order valence-corrected chi connectivity index (χ0v) is 5.87. The third kappa shape index (κ3) is 2.13. The van der Waals surface area contributed by atoms with E-state index in [2.05, 4.69) is 5.32 Å². The first kappa shape index (κ1) is 6.74. The smallest absolute Gasteiger partial charge is 0.220 e. The molecule has 0 aromatic heterocycles. The van der Waals surface area contributed by atoms with Gasteiger partial charge in [0.25, 0.3) is 0 Å². The van der Waals surface area contributed by atoms with Crippen molar-refractivity contribution in [3.05, 3.63) is 0 Å². The van der Waals surface area contributed by atoms with Crippen LogP contribution in [0.1, 0.15) is 6.42 Å². The Bertz CT molecular complexity index is 130. The molecule has 0 bridgehead atoms. The van der Waals surface area contributed by atoms with Crippen molar-refractivity contribution < 1.29 is 9.00 Å². The molecule has 1 amide bonds. The number of carbonyl (C=O) groups is 1. The van der Waals surface area contributed by atoms with Gasteiger partial charge in [-0.25, -0.2) is 0 Å². The predicted octanol–water partition coefficient (Wildman–Crippen LogP) is -0.745. The molecular formula is C5H9NO2S. The minimum absolute atomic E-state index is 0.0286. The van der Waals surface area contributed by atoms with Gasteiger partial charge >= 0.3 is 0 Å². The van der Waals surface area contributed by atoms with E-state index in [1.165, 1.54) is 0 Å². The lowest BCUT2D eigenvalue weighted by Gasteiger charge is -1.92. The van der Waals surface area contributed by atoms with Gasteiger partial charge in [-0.1, -0.05) is 0 Å². The predicted molar refractivity (Wildman–Crippen MR) is 35.5 cm³/mol. The zero-order chi connectivity index (χ0) is 6.69. The fourth-order valence-corrected chi connectivity index (χ4v) is 1.65. The summed E-state index contributed by atoms with van der Waals surface area (Å²) in [6.07, 6.45) is 0.423. The topological polar surface area (TPSA) is 46.2 Å². The van der Waals surface area contributed by atoms with Crippen molar-refractivity contribution >= 4 is 16.7 Å². The summed E-state index contributed by atoms with van der Waals surface area (Å²) in [6, 6.07) is 0. The monoisotopic (exact) mass is 147 g/mol. The lowest BCUT2D eigenvalue weighted by Crippen LogP contribution is -2.23. The number of amides is 1. The van der Waals surface area contributed by atoms with Crippen molar-refractivity contribution in [1.82, 2.24) is 5.32 Å². The largest absolute Gasteiger partial charge is 0.355 e. The molecule has 1 fully saturated rings. The van der Waals surface area contributed by atoms with Crippen molar-refractivity contribution in [2.24, 2.45) is 0 Å². The molecule has 1 aliphatic rings. The van der Waals surface area contributed by atoms with Crippen LogP contribution in [0.25, 0.3) is 0 Å². The maximum Gasteiger partial charge on any atom is 0.220 e. The molecule has 0 aliphatic carbocycles. The van der Waals surface area contributed by atoms with Gasteiger partial charge in [0, 0.05) is 35.3 Å². The highest BCUT2D eigenvalue weighted by molar-refractivity contribution is 7.85. The second kappa shape index (κ2) is 2.96. The zero-order valence-electron chi connectivity index (χ0n) is 5.05. The maximum absolute atomic E-state index is 10.7. The van der Waals surface area contributed by atoms with Gasteiger partial charge in [0.1, 0.15) is 0 Å². The summed E-state index contributed by atoms with van der Waals surface area (Å²) in [5.74, 6) is 1.18. The Labute approximate surface area is 56.3 Å². The Morgan fingerprint density at radius 1 is 1.44 bits per heavy atom. The summed E-state index contributed by atoms with van der Waals surface area (Å²) < 4.78 is 10.7. The molecule has 0 aromatic rings. The molecule has 3 nitrogen and oxygen atoms in total. The molecule has 0 radical (unpaired) electrons. The maximum atomic E-state index is 10.7. The van der Waals surface area contributed by atoms with E-state index < -0.39 is 10.8 Å². The Morgan fingerprint density at radius 3 is 3.00 bits per heavy atom. The van der Waals surface area contributed by atoms with Gasteiger partial charge in [0.05, 0.1) is 0 Å². The molecule has 52 valence electrons. The van der Waals surface area contributed by atoms with Crippen LogP contribution >= 0.6 is 0 Å². The Morgan fingerprint density at radius 2 is 2.22 bits per heavy atom. The minimum Gasteiger partial charge on any atom is -0.355 e. The first-order valence-electron chi connectivity index (χ1n) is 2.91. The van der Waals surface area contributed by atoms with E-state index in [-0.39, 0.29) is 5.91 Å². The van der Waals surface area contributed by atoms with Crippen LogP contribution in [-0.4, -0.2) is 28.2 Å². The molecule has 0 spiro atoms. The molecule has 1 saturated heterocycles. The third-order valence-corrected chi connectivity index (χ3v) is 2.53. The molecular weight excluding hydrogens is 138 g/mol. The second-order valence-corrected chi connectivity index (χ2v) is 3.64. The van der Waals surface area contributed by atoms with Crippen molar-refractivity contribution in [1.29, 1.82) is 0 Å². The van der Waals surface area contributed by atoms with Crippen molar-refractivity contribution in [2.75, 3.05) is 18.1 Å². The quantitative estimate of drug-likeness (QED) is 0.490. The number of hydrogen-bond acceptors (Lipinski definition) is 2. The van der Waals surface area contributed by atoms with E-state index in [1.807, 2.05) is 0 Å².